The maximum absolute atomic E-state index is 12.1. The molecule has 1 rings (SSSR count). The van der Waals surface area contributed by atoms with Crippen molar-refractivity contribution in [2.24, 2.45) is 0 Å². The summed E-state index contributed by atoms with van der Waals surface area (Å²) < 4.78 is 55.7. The van der Waals surface area contributed by atoms with Gasteiger partial charge >= 0.3 is 5.92 Å². The summed E-state index contributed by atoms with van der Waals surface area (Å²) in [6.07, 6.45) is 0. The van der Waals surface area contributed by atoms with Gasteiger partial charge in [-0.15, -0.1) is 0 Å². The van der Waals surface area contributed by atoms with Gasteiger partial charge in [0.1, 0.15) is 0 Å². The van der Waals surface area contributed by atoms with Crippen molar-refractivity contribution in [2.75, 3.05) is 0 Å². The number of allylic oxidation sites excluding steroid dienone is 2. The fraction of sp³-hybridized carbons (Fsp3) is 0.500. The van der Waals surface area contributed by atoms with Crippen LogP contribution >= 0.6 is 15.9 Å². The third kappa shape index (κ3) is 0.601. The van der Waals surface area contributed by atoms with Crippen LogP contribution in [-0.2, 0) is 0 Å². The molecule has 0 nitrogen and oxygen atoms in total. The van der Waals surface area contributed by atoms with Crippen LogP contribution in [0.15, 0.2) is 11.7 Å². The molecule has 1 aliphatic rings. The van der Waals surface area contributed by atoms with E-state index in [1.807, 2.05) is 0 Å². The molecular weight excluding hydrogens is 223 g/mol. The average molecular weight is 223 g/mol. The van der Waals surface area contributed by atoms with E-state index in [0.29, 0.717) is 0 Å². The largest absolute Gasteiger partial charge is 0.351 e. The Morgan fingerprint density at radius 2 is 1.40 bits per heavy atom. The molecule has 0 saturated carbocycles. The van der Waals surface area contributed by atoms with Gasteiger partial charge in [0.05, 0.1) is 0 Å². The lowest BCUT2D eigenvalue weighted by atomic mass is 10.00. The van der Waals surface area contributed by atoms with Crippen molar-refractivity contribution in [1.82, 2.24) is 0 Å². The van der Waals surface area contributed by atoms with E-state index < -0.39 is 22.2 Å². The molecule has 0 heterocycles. The van der Waals surface area contributed by atoms with Crippen molar-refractivity contribution < 1.29 is 22.0 Å². The number of hydrogen-bond acceptors (Lipinski definition) is 0. The van der Waals surface area contributed by atoms with Crippen LogP contribution in [0.5, 0.6) is 0 Å². The van der Waals surface area contributed by atoms with Crippen LogP contribution in [0.25, 0.3) is 0 Å². The minimum atomic E-state index is -4.36. The summed E-state index contributed by atoms with van der Waals surface area (Å²) in [6, 6.07) is 0. The topological polar surface area (TPSA) is 0 Å². The standard InChI is InChI=1S/C4BrF5/c5-3(8)1(6)2(7)4(3,9)10. The summed E-state index contributed by atoms with van der Waals surface area (Å²) in [4.78, 5) is 0. The van der Waals surface area contributed by atoms with Gasteiger partial charge in [0.15, 0.2) is 5.83 Å². The Kier molecular flexibility index (Phi) is 1.37. The van der Waals surface area contributed by atoms with Crippen molar-refractivity contribution in [3.63, 3.8) is 0 Å². The lowest BCUT2D eigenvalue weighted by Crippen LogP contribution is -2.49. The highest BCUT2D eigenvalue weighted by Crippen LogP contribution is 2.58. The lowest BCUT2D eigenvalue weighted by molar-refractivity contribution is -0.101. The predicted octanol–water partition coefficient (Wildman–Crippen LogP) is 2.85. The molecule has 10 heavy (non-hydrogen) atoms. The van der Waals surface area contributed by atoms with E-state index in [1.165, 1.54) is 0 Å². The molecule has 58 valence electrons. The monoisotopic (exact) mass is 222 g/mol. The molecule has 0 radical (unpaired) electrons. The fourth-order valence-corrected chi connectivity index (χ4v) is 0.837. The van der Waals surface area contributed by atoms with Crippen molar-refractivity contribution in [3.05, 3.63) is 11.7 Å². The smallest absolute Gasteiger partial charge is 0.216 e. The first-order chi connectivity index (χ1) is 4.32. The van der Waals surface area contributed by atoms with Gasteiger partial charge in [-0.05, 0) is 15.9 Å². The number of alkyl halides is 4. The van der Waals surface area contributed by atoms with Gasteiger partial charge in [-0.3, -0.25) is 0 Å². The molecule has 0 aromatic carbocycles. The van der Waals surface area contributed by atoms with Crippen LogP contribution in [0.2, 0.25) is 0 Å². The van der Waals surface area contributed by atoms with Crippen molar-refractivity contribution in [2.45, 2.75) is 10.5 Å². The zero-order valence-electron chi connectivity index (χ0n) is 4.27. The Labute approximate surface area is 60.8 Å². The Morgan fingerprint density at radius 3 is 1.50 bits per heavy atom. The molecule has 0 fully saturated rings. The number of halogens is 6. The van der Waals surface area contributed by atoms with Gasteiger partial charge in [0.25, 0.3) is 4.58 Å². The molecule has 1 atom stereocenters. The van der Waals surface area contributed by atoms with E-state index in [0.717, 1.165) is 0 Å². The molecule has 0 aromatic rings. The summed E-state index contributed by atoms with van der Waals surface area (Å²) in [5.74, 6) is -8.79. The second-order valence-electron chi connectivity index (χ2n) is 1.78. The molecule has 0 aromatic heterocycles. The van der Waals surface area contributed by atoms with Crippen LogP contribution in [0.3, 0.4) is 0 Å². The number of hydrogen-bond donors (Lipinski definition) is 0. The van der Waals surface area contributed by atoms with Gasteiger partial charge in [0, 0.05) is 0 Å². The second kappa shape index (κ2) is 1.72. The van der Waals surface area contributed by atoms with E-state index >= 15 is 0 Å². The average Bonchev–Trinajstić information content (AvgIpc) is 1.84. The van der Waals surface area contributed by atoms with Crippen LogP contribution in [0, 0.1) is 0 Å². The van der Waals surface area contributed by atoms with Crippen LogP contribution in [0.4, 0.5) is 22.0 Å². The van der Waals surface area contributed by atoms with E-state index in [9.17, 15) is 22.0 Å². The van der Waals surface area contributed by atoms with Crippen molar-refractivity contribution >= 4 is 15.9 Å². The van der Waals surface area contributed by atoms with Crippen LogP contribution < -0.4 is 0 Å². The van der Waals surface area contributed by atoms with Crippen molar-refractivity contribution in [1.29, 1.82) is 0 Å². The molecule has 0 amide bonds. The second-order valence-corrected chi connectivity index (χ2v) is 2.87. The van der Waals surface area contributed by atoms with Gasteiger partial charge in [-0.2, -0.15) is 8.78 Å². The van der Waals surface area contributed by atoms with Crippen LogP contribution in [-0.4, -0.2) is 10.5 Å². The highest BCUT2D eigenvalue weighted by atomic mass is 79.9. The third-order valence-corrected chi connectivity index (χ3v) is 1.98. The molecule has 0 spiro atoms. The lowest BCUT2D eigenvalue weighted by Gasteiger charge is -2.33. The maximum atomic E-state index is 12.1. The molecule has 0 saturated heterocycles. The summed E-state index contributed by atoms with van der Waals surface area (Å²) in [6.45, 7) is 0. The highest BCUT2D eigenvalue weighted by Gasteiger charge is 2.71. The Balaban J connectivity index is 3.10. The molecule has 0 aliphatic heterocycles. The molecule has 0 N–H and O–H groups in total. The number of rotatable bonds is 0. The molecule has 1 aliphatic carbocycles. The van der Waals surface area contributed by atoms with Gasteiger partial charge in [0.2, 0.25) is 5.83 Å². The summed E-state index contributed by atoms with van der Waals surface area (Å²) in [5, 5.41) is 0. The zero-order valence-corrected chi connectivity index (χ0v) is 5.85. The quantitative estimate of drug-likeness (QED) is 0.437. The van der Waals surface area contributed by atoms with E-state index in [1.54, 1.807) is 15.9 Å². The fourth-order valence-electron chi connectivity index (χ4n) is 0.489. The molecule has 6 heteroatoms. The van der Waals surface area contributed by atoms with E-state index in [-0.39, 0.29) is 0 Å². The van der Waals surface area contributed by atoms with Gasteiger partial charge in [-0.1, -0.05) is 0 Å². The third-order valence-electron chi connectivity index (χ3n) is 1.14. The first kappa shape index (κ1) is 7.97. The Bertz CT molecular complexity index is 184. The predicted molar refractivity (Wildman–Crippen MR) is 27.0 cm³/mol. The highest BCUT2D eigenvalue weighted by molar-refractivity contribution is 9.10. The van der Waals surface area contributed by atoms with E-state index in [4.69, 9.17) is 0 Å². The maximum Gasteiger partial charge on any atom is 0.351 e. The zero-order chi connectivity index (χ0) is 8.15. The molecule has 0 bridgehead atoms. The molecular formula is C4BrF5. The first-order valence-corrected chi connectivity index (χ1v) is 2.93. The van der Waals surface area contributed by atoms with Gasteiger partial charge < -0.3 is 0 Å². The summed E-state index contributed by atoms with van der Waals surface area (Å²) in [7, 11) is 0. The van der Waals surface area contributed by atoms with Gasteiger partial charge in [-0.25, -0.2) is 13.2 Å². The minimum Gasteiger partial charge on any atom is -0.216 e. The van der Waals surface area contributed by atoms with E-state index in [2.05, 4.69) is 0 Å². The summed E-state index contributed by atoms with van der Waals surface area (Å²) in [5.41, 5.74) is 0. The minimum absolute atomic E-state index is 1.70. The SMILES string of the molecule is FC1=C(F)C(F)(Br)C1(F)F. The Hall–Kier alpha value is -0.130. The normalized spacial score (nSPS) is 37.8. The first-order valence-electron chi connectivity index (χ1n) is 2.13. The Morgan fingerprint density at radius 1 is 1.00 bits per heavy atom. The van der Waals surface area contributed by atoms with Crippen LogP contribution in [0.1, 0.15) is 0 Å². The van der Waals surface area contributed by atoms with Crippen molar-refractivity contribution in [3.8, 4) is 0 Å². The molecule has 1 unspecified atom stereocenters. The summed E-state index contributed by atoms with van der Waals surface area (Å²) >= 11 is 1.70.